The molecule has 0 spiro atoms. The number of pyridine rings is 1. The molecule has 0 fully saturated rings. The van der Waals surface area contributed by atoms with Crippen LogP contribution in [0, 0.1) is 0 Å². The van der Waals surface area contributed by atoms with Crippen LogP contribution < -0.4 is 5.32 Å². The summed E-state index contributed by atoms with van der Waals surface area (Å²) in [5, 5.41) is 10.9. The number of carbonyl (C=O) groups is 1. The lowest BCUT2D eigenvalue weighted by Crippen LogP contribution is -2.12. The van der Waals surface area contributed by atoms with Crippen LogP contribution >= 0.6 is 11.8 Å². The first kappa shape index (κ1) is 12.4. The molecule has 1 atom stereocenters. The Hall–Kier alpha value is -2.34. The standard InChI is InChI=1S/C15H12N4OS/c20-12-8-21-14(11-7-17-19-15(11)18-12)10-5-1-3-9-4-2-6-16-13(9)10/h1-7,14H,8H2,(H2,17,18,19,20)/t14-/m1/s1. The van der Waals surface area contributed by atoms with Gasteiger partial charge in [0.15, 0.2) is 0 Å². The maximum atomic E-state index is 11.8. The van der Waals surface area contributed by atoms with Crippen molar-refractivity contribution >= 4 is 34.4 Å². The van der Waals surface area contributed by atoms with Crippen LogP contribution in [-0.2, 0) is 4.79 Å². The summed E-state index contributed by atoms with van der Waals surface area (Å²) in [5.74, 6) is 1.08. The van der Waals surface area contributed by atoms with Crippen LogP contribution in [-0.4, -0.2) is 26.8 Å². The van der Waals surface area contributed by atoms with Gasteiger partial charge in [-0.3, -0.25) is 14.9 Å². The van der Waals surface area contributed by atoms with E-state index in [1.165, 1.54) is 0 Å². The molecular weight excluding hydrogens is 284 g/mol. The summed E-state index contributed by atoms with van der Waals surface area (Å²) >= 11 is 1.60. The van der Waals surface area contributed by atoms with E-state index in [9.17, 15) is 4.79 Å². The second kappa shape index (κ2) is 4.89. The molecule has 1 amide bonds. The molecule has 1 aromatic carbocycles. The molecule has 0 radical (unpaired) electrons. The molecule has 6 heteroatoms. The van der Waals surface area contributed by atoms with Crippen molar-refractivity contribution in [2.45, 2.75) is 5.25 Å². The van der Waals surface area contributed by atoms with Crippen LogP contribution in [0.1, 0.15) is 16.4 Å². The number of benzene rings is 1. The van der Waals surface area contributed by atoms with Crippen molar-refractivity contribution in [3.05, 3.63) is 53.9 Å². The minimum atomic E-state index is -0.0128. The number of H-pyrrole nitrogens is 1. The van der Waals surface area contributed by atoms with E-state index < -0.39 is 0 Å². The monoisotopic (exact) mass is 296 g/mol. The number of carbonyl (C=O) groups excluding carboxylic acids is 1. The van der Waals surface area contributed by atoms with Crippen molar-refractivity contribution in [2.75, 3.05) is 11.1 Å². The number of aromatic amines is 1. The van der Waals surface area contributed by atoms with Gasteiger partial charge in [-0.2, -0.15) is 5.10 Å². The smallest absolute Gasteiger partial charge is 0.235 e. The highest BCUT2D eigenvalue weighted by Crippen LogP contribution is 2.42. The van der Waals surface area contributed by atoms with Crippen molar-refractivity contribution < 1.29 is 4.79 Å². The Morgan fingerprint density at radius 2 is 2.10 bits per heavy atom. The van der Waals surface area contributed by atoms with Crippen LogP contribution in [0.3, 0.4) is 0 Å². The number of hydrogen-bond acceptors (Lipinski definition) is 4. The number of hydrogen-bond donors (Lipinski definition) is 2. The summed E-state index contributed by atoms with van der Waals surface area (Å²) in [7, 11) is 0. The third-order valence-electron chi connectivity index (χ3n) is 3.54. The molecule has 0 aliphatic carbocycles. The van der Waals surface area contributed by atoms with E-state index in [1.54, 1.807) is 24.2 Å². The van der Waals surface area contributed by atoms with Gasteiger partial charge in [0.1, 0.15) is 5.82 Å². The Labute approximate surface area is 125 Å². The van der Waals surface area contributed by atoms with E-state index in [1.807, 2.05) is 24.3 Å². The Morgan fingerprint density at radius 1 is 1.19 bits per heavy atom. The molecule has 0 unspecified atom stereocenters. The van der Waals surface area contributed by atoms with Gasteiger partial charge in [0.2, 0.25) is 5.91 Å². The second-order valence-electron chi connectivity index (χ2n) is 4.86. The van der Waals surface area contributed by atoms with E-state index in [0.717, 1.165) is 22.0 Å². The molecular formula is C15H12N4OS. The number of para-hydroxylation sites is 1. The lowest BCUT2D eigenvalue weighted by Gasteiger charge is -2.15. The van der Waals surface area contributed by atoms with Gasteiger partial charge >= 0.3 is 0 Å². The maximum Gasteiger partial charge on any atom is 0.235 e. The minimum absolute atomic E-state index is 0.0128. The average molecular weight is 296 g/mol. The van der Waals surface area contributed by atoms with Crippen molar-refractivity contribution in [2.24, 2.45) is 0 Å². The summed E-state index contributed by atoms with van der Waals surface area (Å²) in [6.07, 6.45) is 3.58. The molecule has 0 bridgehead atoms. The molecule has 3 heterocycles. The first-order valence-corrected chi connectivity index (χ1v) is 7.66. The highest BCUT2D eigenvalue weighted by atomic mass is 32.2. The predicted molar refractivity (Wildman–Crippen MR) is 83.3 cm³/mol. The first-order chi connectivity index (χ1) is 10.3. The molecule has 5 nitrogen and oxygen atoms in total. The predicted octanol–water partition coefficient (Wildman–Crippen LogP) is 2.73. The molecule has 2 aromatic heterocycles. The zero-order valence-corrected chi connectivity index (χ0v) is 11.9. The molecule has 0 saturated carbocycles. The van der Waals surface area contributed by atoms with E-state index in [0.29, 0.717) is 11.6 Å². The summed E-state index contributed by atoms with van der Waals surface area (Å²) in [6, 6.07) is 10.1. The summed E-state index contributed by atoms with van der Waals surface area (Å²) in [4.78, 5) is 16.3. The minimum Gasteiger partial charge on any atom is -0.310 e. The fraction of sp³-hybridized carbons (Fsp3) is 0.133. The lowest BCUT2D eigenvalue weighted by atomic mass is 10.0. The molecule has 4 rings (SSSR count). The van der Waals surface area contributed by atoms with Gasteiger partial charge < -0.3 is 5.32 Å². The van der Waals surface area contributed by atoms with E-state index in [2.05, 4.69) is 26.6 Å². The Kier molecular flexibility index (Phi) is 2.89. The second-order valence-corrected chi connectivity index (χ2v) is 5.96. The van der Waals surface area contributed by atoms with Gasteiger partial charge in [0.25, 0.3) is 0 Å². The van der Waals surface area contributed by atoms with Gasteiger partial charge in [-0.1, -0.05) is 24.3 Å². The van der Waals surface area contributed by atoms with Crippen molar-refractivity contribution in [1.82, 2.24) is 15.2 Å². The number of amides is 1. The highest BCUT2D eigenvalue weighted by Gasteiger charge is 2.27. The molecule has 1 aliphatic heterocycles. The van der Waals surface area contributed by atoms with Crippen molar-refractivity contribution in [1.29, 1.82) is 0 Å². The number of nitrogens with one attached hydrogen (secondary N) is 2. The Balaban J connectivity index is 1.91. The maximum absolute atomic E-state index is 11.8. The van der Waals surface area contributed by atoms with Crippen molar-refractivity contribution in [3.63, 3.8) is 0 Å². The Bertz CT molecular complexity index is 824. The fourth-order valence-electron chi connectivity index (χ4n) is 2.62. The van der Waals surface area contributed by atoms with Crippen LogP contribution in [0.25, 0.3) is 10.9 Å². The fourth-order valence-corrected chi connectivity index (χ4v) is 3.73. The highest BCUT2D eigenvalue weighted by molar-refractivity contribution is 8.00. The normalized spacial score (nSPS) is 18.1. The molecule has 1 aliphatic rings. The number of thioether (sulfide) groups is 1. The van der Waals surface area contributed by atoms with Gasteiger partial charge in [0, 0.05) is 17.1 Å². The summed E-state index contributed by atoms with van der Waals surface area (Å²) < 4.78 is 0. The quantitative estimate of drug-likeness (QED) is 0.724. The summed E-state index contributed by atoms with van der Waals surface area (Å²) in [6.45, 7) is 0. The largest absolute Gasteiger partial charge is 0.310 e. The van der Waals surface area contributed by atoms with Gasteiger partial charge in [0.05, 0.1) is 22.7 Å². The van der Waals surface area contributed by atoms with Gasteiger partial charge in [-0.05, 0) is 11.6 Å². The molecule has 0 saturated heterocycles. The van der Waals surface area contributed by atoms with E-state index >= 15 is 0 Å². The van der Waals surface area contributed by atoms with Crippen LogP contribution in [0.2, 0.25) is 0 Å². The Morgan fingerprint density at radius 3 is 3.05 bits per heavy atom. The molecule has 3 aromatic rings. The number of fused-ring (bicyclic) bond motifs is 2. The SMILES string of the molecule is O=C1CS[C@H](c2cccc3cccnc23)c2cn[nH]c2N1. The number of rotatable bonds is 1. The molecule has 21 heavy (non-hydrogen) atoms. The van der Waals surface area contributed by atoms with E-state index in [-0.39, 0.29) is 11.2 Å². The topological polar surface area (TPSA) is 70.7 Å². The van der Waals surface area contributed by atoms with Gasteiger partial charge in [-0.15, -0.1) is 11.8 Å². The molecule has 104 valence electrons. The van der Waals surface area contributed by atoms with Crippen LogP contribution in [0.15, 0.2) is 42.7 Å². The third kappa shape index (κ3) is 2.08. The van der Waals surface area contributed by atoms with E-state index in [4.69, 9.17) is 0 Å². The van der Waals surface area contributed by atoms with Crippen molar-refractivity contribution in [3.8, 4) is 0 Å². The van der Waals surface area contributed by atoms with Crippen LogP contribution in [0.4, 0.5) is 5.82 Å². The number of anilines is 1. The van der Waals surface area contributed by atoms with Crippen LogP contribution in [0.5, 0.6) is 0 Å². The number of nitrogens with zero attached hydrogens (tertiary/aromatic N) is 2. The average Bonchev–Trinajstić information content (AvgIpc) is 2.89. The zero-order valence-electron chi connectivity index (χ0n) is 11.0. The number of aromatic nitrogens is 3. The zero-order chi connectivity index (χ0) is 14.2. The first-order valence-electron chi connectivity index (χ1n) is 6.61. The third-order valence-corrected chi connectivity index (χ3v) is 4.81. The summed E-state index contributed by atoms with van der Waals surface area (Å²) in [5.41, 5.74) is 3.07. The molecule has 2 N–H and O–H groups in total. The lowest BCUT2D eigenvalue weighted by molar-refractivity contribution is -0.113. The van der Waals surface area contributed by atoms with Gasteiger partial charge in [-0.25, -0.2) is 0 Å².